The van der Waals surface area contributed by atoms with Crippen LogP contribution in [0.1, 0.15) is 37.4 Å². The van der Waals surface area contributed by atoms with Gasteiger partial charge in [0, 0.05) is 6.07 Å². The number of allylic oxidation sites excluding steroid dienone is 1. The molecule has 0 spiro atoms. The Balaban J connectivity index is 1.63. The highest BCUT2D eigenvalue weighted by molar-refractivity contribution is 6.15. The zero-order valence-corrected chi connectivity index (χ0v) is 19.6. The Labute approximate surface area is 197 Å². The van der Waals surface area contributed by atoms with E-state index in [4.69, 9.17) is 23.7 Å². The van der Waals surface area contributed by atoms with E-state index in [0.717, 1.165) is 5.56 Å². The number of esters is 1. The molecule has 3 aromatic carbocycles. The Morgan fingerprint density at radius 1 is 0.882 bits per heavy atom. The van der Waals surface area contributed by atoms with Gasteiger partial charge in [0.15, 0.2) is 17.3 Å². The number of hydrogen-bond donors (Lipinski definition) is 0. The molecular weight excluding hydrogens is 436 g/mol. The lowest BCUT2D eigenvalue weighted by molar-refractivity contribution is 0.0734. The van der Waals surface area contributed by atoms with Crippen LogP contribution in [0.25, 0.3) is 6.08 Å². The largest absolute Gasteiger partial charge is 0.493 e. The number of carbonyl (C=O) groups is 2. The van der Waals surface area contributed by atoms with Gasteiger partial charge in [-0.1, -0.05) is 17.7 Å². The summed E-state index contributed by atoms with van der Waals surface area (Å²) in [6, 6.07) is 13.7. The molecule has 34 heavy (non-hydrogen) atoms. The van der Waals surface area contributed by atoms with Gasteiger partial charge in [-0.25, -0.2) is 4.79 Å². The molecule has 0 unspecified atom stereocenters. The first-order valence-electron chi connectivity index (χ1n) is 10.5. The third kappa shape index (κ3) is 4.32. The zero-order valence-electron chi connectivity index (χ0n) is 19.6. The van der Waals surface area contributed by atoms with E-state index in [1.165, 1.54) is 21.3 Å². The van der Waals surface area contributed by atoms with Crippen molar-refractivity contribution in [3.63, 3.8) is 0 Å². The van der Waals surface area contributed by atoms with Crippen LogP contribution in [0.3, 0.4) is 0 Å². The van der Waals surface area contributed by atoms with Crippen LogP contribution in [-0.2, 0) is 0 Å². The van der Waals surface area contributed by atoms with E-state index in [0.29, 0.717) is 51.0 Å². The first-order chi connectivity index (χ1) is 16.3. The maximum atomic E-state index is 13.1. The lowest BCUT2D eigenvalue weighted by atomic mass is 10.0. The fourth-order valence-corrected chi connectivity index (χ4v) is 3.73. The molecule has 0 radical (unpaired) electrons. The number of rotatable bonds is 6. The van der Waals surface area contributed by atoms with E-state index in [1.54, 1.807) is 49.4 Å². The second-order valence-electron chi connectivity index (χ2n) is 7.77. The van der Waals surface area contributed by atoms with Crippen molar-refractivity contribution in [3.05, 3.63) is 82.1 Å². The van der Waals surface area contributed by atoms with E-state index >= 15 is 0 Å². The first-order valence-corrected chi connectivity index (χ1v) is 10.5. The van der Waals surface area contributed by atoms with Gasteiger partial charge in [-0.15, -0.1) is 0 Å². The summed E-state index contributed by atoms with van der Waals surface area (Å²) in [7, 11) is 4.55. The number of benzene rings is 3. The molecule has 4 rings (SSSR count). The predicted molar refractivity (Wildman–Crippen MR) is 126 cm³/mol. The molecule has 3 aromatic rings. The number of Topliss-reactive ketones (excluding diaryl/α,β-unsaturated/α-hetero) is 1. The normalized spacial score (nSPS) is 13.3. The Hall–Kier alpha value is -4.26. The van der Waals surface area contributed by atoms with Crippen LogP contribution in [0.15, 0.2) is 54.3 Å². The minimum Gasteiger partial charge on any atom is -0.493 e. The van der Waals surface area contributed by atoms with Gasteiger partial charge in [0.25, 0.3) is 0 Å². The van der Waals surface area contributed by atoms with Crippen LogP contribution >= 0.6 is 0 Å². The lowest BCUT2D eigenvalue weighted by Crippen LogP contribution is -2.08. The number of hydrogen-bond acceptors (Lipinski definition) is 7. The van der Waals surface area contributed by atoms with Crippen molar-refractivity contribution in [3.8, 4) is 28.7 Å². The topological polar surface area (TPSA) is 80.3 Å². The quantitative estimate of drug-likeness (QED) is 0.285. The highest BCUT2D eigenvalue weighted by Crippen LogP contribution is 2.41. The molecule has 0 saturated heterocycles. The predicted octanol–water partition coefficient (Wildman–Crippen LogP) is 5.16. The van der Waals surface area contributed by atoms with Gasteiger partial charge < -0.3 is 23.7 Å². The average molecular weight is 460 g/mol. The molecule has 0 aromatic heterocycles. The summed E-state index contributed by atoms with van der Waals surface area (Å²) in [5.41, 5.74) is 3.18. The molecule has 7 heteroatoms. The molecule has 0 amide bonds. The van der Waals surface area contributed by atoms with Crippen molar-refractivity contribution in [2.45, 2.75) is 13.8 Å². The van der Waals surface area contributed by atoms with Crippen LogP contribution in [0, 0.1) is 13.8 Å². The van der Waals surface area contributed by atoms with E-state index in [-0.39, 0.29) is 11.5 Å². The van der Waals surface area contributed by atoms with Crippen molar-refractivity contribution in [2.75, 3.05) is 21.3 Å². The van der Waals surface area contributed by atoms with E-state index < -0.39 is 5.97 Å². The average Bonchev–Trinajstić information content (AvgIpc) is 3.13. The van der Waals surface area contributed by atoms with Crippen molar-refractivity contribution in [1.29, 1.82) is 0 Å². The minimum atomic E-state index is -0.489. The highest BCUT2D eigenvalue weighted by atomic mass is 16.5. The second-order valence-corrected chi connectivity index (χ2v) is 7.77. The minimum absolute atomic E-state index is 0.134. The monoisotopic (exact) mass is 460 g/mol. The molecule has 0 aliphatic carbocycles. The van der Waals surface area contributed by atoms with Crippen LogP contribution in [0.5, 0.6) is 28.7 Å². The van der Waals surface area contributed by atoms with Crippen LogP contribution < -0.4 is 23.7 Å². The van der Waals surface area contributed by atoms with Gasteiger partial charge >= 0.3 is 5.97 Å². The van der Waals surface area contributed by atoms with E-state index in [9.17, 15) is 9.59 Å². The lowest BCUT2D eigenvalue weighted by Gasteiger charge is -2.13. The number of methoxy groups -OCH3 is 3. The Kier molecular flexibility index (Phi) is 6.27. The molecule has 0 fully saturated rings. The molecule has 0 N–H and O–H groups in total. The molecule has 1 aliphatic heterocycles. The molecule has 0 bridgehead atoms. The Morgan fingerprint density at radius 3 is 2.12 bits per heavy atom. The first kappa shape index (κ1) is 22.9. The van der Waals surface area contributed by atoms with Gasteiger partial charge in [-0.3, -0.25) is 4.79 Å². The summed E-state index contributed by atoms with van der Waals surface area (Å²) >= 11 is 0. The van der Waals surface area contributed by atoms with Crippen molar-refractivity contribution >= 4 is 17.8 Å². The zero-order chi connectivity index (χ0) is 24.4. The standard InChI is InChI=1S/C27H24O7/c1-15-6-8-18(9-7-15)27(29)33-19-10-16(2)24-20(14-19)34-21(25(24)28)11-17-12-22(30-3)26(32-5)23(13-17)31-4/h6-14H,1-5H3/b21-11-. The molecule has 0 saturated carbocycles. The van der Waals surface area contributed by atoms with Gasteiger partial charge in [0.1, 0.15) is 11.5 Å². The summed E-state index contributed by atoms with van der Waals surface area (Å²) in [6.45, 7) is 3.71. The van der Waals surface area contributed by atoms with Crippen molar-refractivity contribution in [2.24, 2.45) is 0 Å². The summed E-state index contributed by atoms with van der Waals surface area (Å²) in [4.78, 5) is 25.6. The van der Waals surface area contributed by atoms with E-state index in [1.807, 2.05) is 19.1 Å². The number of carbonyl (C=O) groups excluding carboxylic acids is 2. The number of aryl methyl sites for hydroxylation is 2. The molecule has 7 nitrogen and oxygen atoms in total. The van der Waals surface area contributed by atoms with E-state index in [2.05, 4.69) is 0 Å². The molecule has 0 atom stereocenters. The summed E-state index contributed by atoms with van der Waals surface area (Å²) in [6.07, 6.45) is 1.60. The smallest absolute Gasteiger partial charge is 0.343 e. The van der Waals surface area contributed by atoms with Gasteiger partial charge in [-0.2, -0.15) is 0 Å². The van der Waals surface area contributed by atoms with Gasteiger partial charge in [-0.05, 0) is 61.4 Å². The number of ketones is 1. The third-order valence-corrected chi connectivity index (χ3v) is 5.43. The van der Waals surface area contributed by atoms with Crippen molar-refractivity contribution in [1.82, 2.24) is 0 Å². The molecule has 1 heterocycles. The maximum Gasteiger partial charge on any atom is 0.343 e. The summed E-state index contributed by atoms with van der Waals surface area (Å²) < 4.78 is 27.5. The summed E-state index contributed by atoms with van der Waals surface area (Å²) in [5, 5.41) is 0. The number of ether oxygens (including phenoxy) is 5. The van der Waals surface area contributed by atoms with Gasteiger partial charge in [0.2, 0.25) is 11.5 Å². The van der Waals surface area contributed by atoms with Gasteiger partial charge in [0.05, 0.1) is 32.5 Å². The Morgan fingerprint density at radius 2 is 1.53 bits per heavy atom. The second kappa shape index (κ2) is 9.31. The van der Waals surface area contributed by atoms with Crippen LogP contribution in [0.4, 0.5) is 0 Å². The highest BCUT2D eigenvalue weighted by Gasteiger charge is 2.30. The number of fused-ring (bicyclic) bond motifs is 1. The molecule has 1 aliphatic rings. The van der Waals surface area contributed by atoms with Crippen LogP contribution in [-0.4, -0.2) is 33.1 Å². The third-order valence-electron chi connectivity index (χ3n) is 5.43. The fraction of sp³-hybridized carbons (Fsp3) is 0.185. The maximum absolute atomic E-state index is 13.1. The molecular formula is C27H24O7. The van der Waals surface area contributed by atoms with Crippen molar-refractivity contribution < 1.29 is 33.3 Å². The summed E-state index contributed by atoms with van der Waals surface area (Å²) in [5.74, 6) is 1.37. The Bertz CT molecular complexity index is 1280. The van der Waals surface area contributed by atoms with Crippen LogP contribution in [0.2, 0.25) is 0 Å². The molecule has 174 valence electrons. The SMILES string of the molecule is COc1cc(/C=C2\Oc3cc(OC(=O)c4ccc(C)cc4)cc(C)c3C2=O)cc(OC)c1OC. The fourth-order valence-electron chi connectivity index (χ4n) is 3.73.